The fourth-order valence-electron chi connectivity index (χ4n) is 6.80. The first kappa shape index (κ1) is 27.6. The van der Waals surface area contributed by atoms with Gasteiger partial charge >= 0.3 is 6.09 Å². The number of likely N-dealkylation sites (tertiary alicyclic amines) is 2. The molecule has 3 amide bonds. The monoisotopic (exact) mass is 539 g/mol. The van der Waals surface area contributed by atoms with Gasteiger partial charge in [-0.15, -0.1) is 0 Å². The second kappa shape index (κ2) is 10.2. The summed E-state index contributed by atoms with van der Waals surface area (Å²) in [5.74, 6) is -0.563. The summed E-state index contributed by atoms with van der Waals surface area (Å²) in [5, 5.41) is 29.3. The van der Waals surface area contributed by atoms with E-state index >= 15 is 0 Å². The van der Waals surface area contributed by atoms with Gasteiger partial charge in [-0.05, 0) is 55.1 Å². The number of nitrogens with zero attached hydrogens (tertiary/aromatic N) is 4. The van der Waals surface area contributed by atoms with Crippen LogP contribution in [0, 0.1) is 11.3 Å². The lowest BCUT2D eigenvalue weighted by molar-refractivity contribution is -0.134. The molecule has 10 nitrogen and oxygen atoms in total. The van der Waals surface area contributed by atoms with Crippen LogP contribution in [0.15, 0.2) is 18.2 Å². The summed E-state index contributed by atoms with van der Waals surface area (Å²) in [6.07, 6.45) is 2.89. The van der Waals surface area contributed by atoms with Gasteiger partial charge in [0.25, 0.3) is 0 Å². The van der Waals surface area contributed by atoms with Crippen LogP contribution in [0.4, 0.5) is 4.79 Å². The molecule has 3 aliphatic heterocycles. The molecule has 3 saturated heterocycles. The third-order valence-corrected chi connectivity index (χ3v) is 9.14. The van der Waals surface area contributed by atoms with Crippen molar-refractivity contribution in [3.05, 3.63) is 29.5 Å². The first-order valence-corrected chi connectivity index (χ1v) is 14.1. The number of benzene rings is 1. The van der Waals surface area contributed by atoms with E-state index in [2.05, 4.69) is 36.1 Å². The Morgan fingerprint density at radius 1 is 1.15 bits per heavy atom. The highest BCUT2D eigenvalue weighted by atomic mass is 16.4. The van der Waals surface area contributed by atoms with Crippen LogP contribution in [0.1, 0.15) is 76.5 Å². The Kier molecular flexibility index (Phi) is 7.22. The molecule has 0 aliphatic carbocycles. The van der Waals surface area contributed by atoms with E-state index in [1.54, 1.807) is 9.58 Å². The molecule has 10 heteroatoms. The second-order valence-corrected chi connectivity index (χ2v) is 12.8. The number of aliphatic hydroxyl groups is 1. The standard InChI is InChI=1S/C29H41N5O5/c1-28(2,3)23-15-18(9-12-34(23)27(37)38)17-33-13-10-29(39,11-14-33)19-5-6-20-22(16-19)32(4)31-25(20)21-7-8-24(35)30-26(21)36/h5-6,16,18,21,23,39H,7-15,17H2,1-4H3,(H,37,38)(H,30,35,36). The molecule has 1 aromatic heterocycles. The Hall–Kier alpha value is -2.98. The van der Waals surface area contributed by atoms with Gasteiger partial charge in [0.2, 0.25) is 11.8 Å². The number of imide groups is 1. The summed E-state index contributed by atoms with van der Waals surface area (Å²) in [6, 6.07) is 5.89. The topological polar surface area (TPSA) is 128 Å². The van der Waals surface area contributed by atoms with Crippen molar-refractivity contribution in [2.75, 3.05) is 26.2 Å². The predicted molar refractivity (Wildman–Crippen MR) is 146 cm³/mol. The van der Waals surface area contributed by atoms with Gasteiger partial charge in [-0.25, -0.2) is 4.79 Å². The van der Waals surface area contributed by atoms with Crippen LogP contribution in [-0.4, -0.2) is 79.9 Å². The number of hydrogen-bond acceptors (Lipinski definition) is 6. The summed E-state index contributed by atoms with van der Waals surface area (Å²) in [4.78, 5) is 39.9. The number of fused-ring (bicyclic) bond motifs is 1. The molecule has 3 unspecified atom stereocenters. The quantitative estimate of drug-likeness (QED) is 0.509. The van der Waals surface area contributed by atoms with E-state index in [4.69, 9.17) is 0 Å². The van der Waals surface area contributed by atoms with Gasteiger partial charge in [-0.1, -0.05) is 32.9 Å². The summed E-state index contributed by atoms with van der Waals surface area (Å²) in [7, 11) is 1.84. The van der Waals surface area contributed by atoms with Gasteiger partial charge in [-0.3, -0.25) is 19.6 Å². The van der Waals surface area contributed by atoms with Crippen molar-refractivity contribution in [3.8, 4) is 0 Å². The van der Waals surface area contributed by atoms with Crippen molar-refractivity contribution in [3.63, 3.8) is 0 Å². The summed E-state index contributed by atoms with van der Waals surface area (Å²) < 4.78 is 1.76. The zero-order valence-electron chi connectivity index (χ0n) is 23.4. The van der Waals surface area contributed by atoms with Gasteiger partial charge < -0.3 is 20.0 Å². The molecular formula is C29H41N5O5. The summed E-state index contributed by atoms with van der Waals surface area (Å²) >= 11 is 0. The maximum absolute atomic E-state index is 12.5. The molecule has 0 radical (unpaired) electrons. The van der Waals surface area contributed by atoms with E-state index in [0.717, 1.165) is 48.9 Å². The van der Waals surface area contributed by atoms with Crippen LogP contribution in [0.25, 0.3) is 10.9 Å². The molecule has 0 spiro atoms. The molecule has 5 rings (SSSR count). The van der Waals surface area contributed by atoms with Crippen LogP contribution in [0.5, 0.6) is 0 Å². The van der Waals surface area contributed by atoms with Crippen molar-refractivity contribution < 1.29 is 24.6 Å². The van der Waals surface area contributed by atoms with Gasteiger partial charge in [0.15, 0.2) is 0 Å². The van der Waals surface area contributed by atoms with Crippen molar-refractivity contribution in [1.82, 2.24) is 24.9 Å². The molecule has 3 atom stereocenters. The Bertz CT molecular complexity index is 1270. The highest BCUT2D eigenvalue weighted by Gasteiger charge is 2.41. The molecule has 4 heterocycles. The van der Waals surface area contributed by atoms with Gasteiger partial charge in [0, 0.05) is 51.1 Å². The maximum atomic E-state index is 12.5. The number of carbonyl (C=O) groups is 3. The average molecular weight is 540 g/mol. The minimum atomic E-state index is -0.940. The molecule has 3 fully saturated rings. The molecule has 39 heavy (non-hydrogen) atoms. The van der Waals surface area contributed by atoms with Crippen molar-refractivity contribution in [1.29, 1.82) is 0 Å². The van der Waals surface area contributed by atoms with Gasteiger partial charge in [0.1, 0.15) is 0 Å². The minimum absolute atomic E-state index is 0.00570. The van der Waals surface area contributed by atoms with E-state index < -0.39 is 17.6 Å². The smallest absolute Gasteiger partial charge is 0.407 e. The highest BCUT2D eigenvalue weighted by molar-refractivity contribution is 6.02. The number of nitrogens with one attached hydrogen (secondary N) is 1. The van der Waals surface area contributed by atoms with Crippen molar-refractivity contribution in [2.24, 2.45) is 18.4 Å². The number of aromatic nitrogens is 2. The molecular weight excluding hydrogens is 498 g/mol. The molecule has 0 saturated carbocycles. The van der Waals surface area contributed by atoms with Gasteiger partial charge in [-0.2, -0.15) is 5.10 Å². The van der Waals surface area contributed by atoms with Crippen LogP contribution in [0.3, 0.4) is 0 Å². The number of rotatable bonds is 4. The van der Waals surface area contributed by atoms with Crippen molar-refractivity contribution >= 4 is 28.8 Å². The SMILES string of the molecule is Cn1nc(C2CCC(=O)NC2=O)c2ccc(C3(O)CCN(CC4CCN(C(=O)O)C(C(C)(C)C)C4)CC3)cc21. The maximum Gasteiger partial charge on any atom is 0.407 e. The predicted octanol–water partition coefficient (Wildman–Crippen LogP) is 3.18. The second-order valence-electron chi connectivity index (χ2n) is 12.8. The van der Waals surface area contributed by atoms with E-state index in [9.17, 15) is 24.6 Å². The first-order valence-electron chi connectivity index (χ1n) is 14.1. The molecule has 3 N–H and O–H groups in total. The lowest BCUT2D eigenvalue weighted by atomic mass is 9.76. The van der Waals surface area contributed by atoms with Crippen LogP contribution in [-0.2, 0) is 22.2 Å². The molecule has 2 aromatic rings. The first-order chi connectivity index (χ1) is 18.4. The zero-order chi connectivity index (χ0) is 28.1. The molecule has 0 bridgehead atoms. The number of carboxylic acid groups (broad SMARTS) is 1. The average Bonchev–Trinajstić information content (AvgIpc) is 3.20. The largest absolute Gasteiger partial charge is 0.465 e. The number of hydrogen-bond donors (Lipinski definition) is 3. The lowest BCUT2D eigenvalue weighted by Crippen LogP contribution is -2.53. The minimum Gasteiger partial charge on any atom is -0.465 e. The molecule has 1 aromatic carbocycles. The lowest BCUT2D eigenvalue weighted by Gasteiger charge is -2.46. The van der Waals surface area contributed by atoms with Crippen LogP contribution < -0.4 is 5.32 Å². The fraction of sp³-hybridized carbons (Fsp3) is 0.655. The highest BCUT2D eigenvalue weighted by Crippen LogP contribution is 2.39. The van der Waals surface area contributed by atoms with E-state index in [0.29, 0.717) is 43.8 Å². The normalized spacial score (nSPS) is 26.6. The third-order valence-electron chi connectivity index (χ3n) is 9.14. The van der Waals surface area contributed by atoms with E-state index in [1.165, 1.54) is 0 Å². The molecule has 212 valence electrons. The Balaban J connectivity index is 1.25. The third kappa shape index (κ3) is 5.41. The Labute approximate surface area is 229 Å². The van der Waals surface area contributed by atoms with E-state index in [-0.39, 0.29) is 23.3 Å². The van der Waals surface area contributed by atoms with Gasteiger partial charge in [0.05, 0.1) is 22.7 Å². The Morgan fingerprint density at radius 2 is 1.87 bits per heavy atom. The van der Waals surface area contributed by atoms with Crippen LogP contribution in [0.2, 0.25) is 0 Å². The van der Waals surface area contributed by atoms with Crippen LogP contribution >= 0.6 is 0 Å². The molecule has 3 aliphatic rings. The number of piperidine rings is 3. The number of carbonyl (C=O) groups excluding carboxylic acids is 2. The number of amides is 3. The Morgan fingerprint density at radius 3 is 2.51 bits per heavy atom. The van der Waals surface area contributed by atoms with Crippen molar-refractivity contribution in [2.45, 2.75) is 76.9 Å². The summed E-state index contributed by atoms with van der Waals surface area (Å²) in [6.45, 7) is 9.40. The number of aryl methyl sites for hydroxylation is 1. The fourth-order valence-corrected chi connectivity index (χ4v) is 6.80. The zero-order valence-corrected chi connectivity index (χ0v) is 23.4. The van der Waals surface area contributed by atoms with E-state index in [1.807, 2.05) is 25.2 Å². The summed E-state index contributed by atoms with van der Waals surface area (Å²) in [5.41, 5.74) is 1.34.